The van der Waals surface area contributed by atoms with Gasteiger partial charge in [-0.05, 0) is 36.5 Å². The van der Waals surface area contributed by atoms with Crippen LogP contribution in [0.3, 0.4) is 0 Å². The van der Waals surface area contributed by atoms with Crippen molar-refractivity contribution < 1.29 is 31.3 Å². The van der Waals surface area contributed by atoms with Crippen molar-refractivity contribution in [1.29, 1.82) is 0 Å². The van der Waals surface area contributed by atoms with Crippen molar-refractivity contribution in [2.45, 2.75) is 50.7 Å². The summed E-state index contributed by atoms with van der Waals surface area (Å²) in [4.78, 5) is 4.84. The number of quaternary nitrogens is 1. The molecule has 1 heterocycles. The highest BCUT2D eigenvalue weighted by Gasteiger charge is 2.44. The summed E-state index contributed by atoms with van der Waals surface area (Å²) in [5.41, 5.74) is 1.04. The van der Waals surface area contributed by atoms with Crippen LogP contribution in [0.2, 0.25) is 0 Å². The highest BCUT2D eigenvalue weighted by atomic mass is 79.9. The lowest BCUT2D eigenvalue weighted by molar-refractivity contribution is -0.904. The van der Waals surface area contributed by atoms with Gasteiger partial charge in [-0.25, -0.2) is 4.98 Å². The Labute approximate surface area is 221 Å². The Kier molecular flexibility index (Phi) is 9.56. The van der Waals surface area contributed by atoms with Crippen LogP contribution in [-0.4, -0.2) is 46.4 Å². The first-order valence-corrected chi connectivity index (χ1v) is 12.7. The normalized spacial score (nSPS) is 16.3. The SMILES string of the molecule is Cn1c(C[N+](C)(C)CCCOc2ccccc2)cnc1C(O)(c1ccccc1)C1CCCCC1.[Br-]. The van der Waals surface area contributed by atoms with Gasteiger partial charge in [-0.2, -0.15) is 0 Å². The van der Waals surface area contributed by atoms with Crippen molar-refractivity contribution in [1.82, 2.24) is 9.55 Å². The van der Waals surface area contributed by atoms with Crippen molar-refractivity contribution in [3.63, 3.8) is 0 Å². The molecule has 1 aliphatic rings. The molecule has 0 aliphatic heterocycles. The van der Waals surface area contributed by atoms with Crippen molar-refractivity contribution in [3.8, 4) is 5.75 Å². The summed E-state index contributed by atoms with van der Waals surface area (Å²) in [6.45, 7) is 2.56. The Bertz CT molecular complexity index is 1030. The average Bonchev–Trinajstić information content (AvgIpc) is 3.22. The van der Waals surface area contributed by atoms with Crippen LogP contribution in [0.15, 0.2) is 66.9 Å². The van der Waals surface area contributed by atoms with Crippen molar-refractivity contribution in [2.24, 2.45) is 13.0 Å². The maximum Gasteiger partial charge on any atom is 0.150 e. The highest BCUT2D eigenvalue weighted by Crippen LogP contribution is 2.43. The molecule has 0 amide bonds. The van der Waals surface area contributed by atoms with Gasteiger partial charge in [0, 0.05) is 13.5 Å². The molecule has 1 unspecified atom stereocenters. The molecule has 0 radical (unpaired) electrons. The zero-order valence-electron chi connectivity index (χ0n) is 21.4. The van der Waals surface area contributed by atoms with Crippen LogP contribution in [0.5, 0.6) is 5.75 Å². The minimum Gasteiger partial charge on any atom is -1.00 e. The monoisotopic (exact) mass is 541 g/mol. The summed E-state index contributed by atoms with van der Waals surface area (Å²) in [5, 5.41) is 12.2. The standard InChI is InChI=1S/C29H40N3O2.BrH/c1-31-26(23-32(2,3)20-13-21-34-27-18-11-6-12-19-27)22-30-28(31)29(33,24-14-7-4-8-15-24)25-16-9-5-10-17-25;/h4,6-8,11-12,14-15,18-19,22,25,33H,5,9-10,13,16-17,20-21,23H2,1-3H3;1H/q+1;/p-1. The fraction of sp³-hybridized carbons (Fsp3) is 0.483. The van der Waals surface area contributed by atoms with Gasteiger partial charge in [0.25, 0.3) is 0 Å². The first-order valence-electron chi connectivity index (χ1n) is 12.7. The first-order chi connectivity index (χ1) is 16.4. The number of imidazole rings is 1. The van der Waals surface area contributed by atoms with E-state index in [1.807, 2.05) is 54.7 Å². The Balaban J connectivity index is 0.00000342. The molecule has 0 bridgehead atoms. The minimum atomic E-state index is -1.06. The fourth-order valence-corrected chi connectivity index (χ4v) is 5.42. The van der Waals surface area contributed by atoms with Crippen LogP contribution in [0.25, 0.3) is 0 Å². The van der Waals surface area contributed by atoms with Gasteiger partial charge < -0.3 is 35.9 Å². The third kappa shape index (κ3) is 6.54. The molecule has 1 saturated carbocycles. The molecule has 190 valence electrons. The van der Waals surface area contributed by atoms with Crippen LogP contribution in [-0.2, 0) is 19.2 Å². The van der Waals surface area contributed by atoms with E-state index in [9.17, 15) is 5.11 Å². The Morgan fingerprint density at radius 2 is 1.63 bits per heavy atom. The zero-order valence-corrected chi connectivity index (χ0v) is 23.0. The maximum atomic E-state index is 12.2. The summed E-state index contributed by atoms with van der Waals surface area (Å²) in [6, 6.07) is 20.1. The van der Waals surface area contributed by atoms with Crippen LogP contribution in [0.4, 0.5) is 0 Å². The van der Waals surface area contributed by atoms with Crippen LogP contribution in [0, 0.1) is 5.92 Å². The maximum absolute atomic E-state index is 12.2. The van der Waals surface area contributed by atoms with Gasteiger partial charge >= 0.3 is 0 Å². The average molecular weight is 543 g/mol. The van der Waals surface area contributed by atoms with Gasteiger partial charge in [0.15, 0.2) is 0 Å². The van der Waals surface area contributed by atoms with E-state index in [0.717, 1.165) is 59.7 Å². The number of hydrogen-bond donors (Lipinski definition) is 1. The van der Waals surface area contributed by atoms with Gasteiger partial charge in [0.2, 0.25) is 0 Å². The summed E-state index contributed by atoms with van der Waals surface area (Å²) in [6.07, 6.45) is 8.62. The van der Waals surface area contributed by atoms with E-state index in [0.29, 0.717) is 6.61 Å². The predicted octanol–water partition coefficient (Wildman–Crippen LogP) is 2.29. The third-order valence-electron chi connectivity index (χ3n) is 7.34. The van der Waals surface area contributed by atoms with E-state index >= 15 is 0 Å². The molecule has 0 saturated heterocycles. The van der Waals surface area contributed by atoms with E-state index < -0.39 is 5.60 Å². The number of hydrogen-bond acceptors (Lipinski definition) is 3. The molecule has 5 nitrogen and oxygen atoms in total. The molecule has 35 heavy (non-hydrogen) atoms. The van der Waals surface area contributed by atoms with E-state index in [-0.39, 0.29) is 22.9 Å². The number of ether oxygens (including phenoxy) is 1. The number of nitrogens with zero attached hydrogens (tertiary/aromatic N) is 3. The van der Waals surface area contributed by atoms with E-state index in [2.05, 4.69) is 37.8 Å². The highest BCUT2D eigenvalue weighted by molar-refractivity contribution is 5.32. The van der Waals surface area contributed by atoms with Gasteiger partial charge in [0.1, 0.15) is 23.7 Å². The largest absolute Gasteiger partial charge is 1.00 e. The molecule has 2 aromatic carbocycles. The van der Waals surface area contributed by atoms with Crippen LogP contribution >= 0.6 is 0 Å². The molecule has 1 N–H and O–H groups in total. The number of halogens is 1. The lowest BCUT2D eigenvalue weighted by Crippen LogP contribution is -3.00. The number of rotatable bonds is 10. The molecular formula is C29H40BrN3O2. The Morgan fingerprint density at radius 1 is 1.00 bits per heavy atom. The molecule has 1 atom stereocenters. The van der Waals surface area contributed by atoms with E-state index in [1.165, 1.54) is 19.3 Å². The summed E-state index contributed by atoms with van der Waals surface area (Å²) >= 11 is 0. The summed E-state index contributed by atoms with van der Waals surface area (Å²) in [5.74, 6) is 1.88. The first kappa shape index (κ1) is 27.4. The van der Waals surface area contributed by atoms with Crippen molar-refractivity contribution in [3.05, 3.63) is 83.9 Å². The van der Waals surface area contributed by atoms with Crippen molar-refractivity contribution >= 4 is 0 Å². The fourth-order valence-electron chi connectivity index (χ4n) is 5.42. The number of para-hydroxylation sites is 1. The second-order valence-electron chi connectivity index (χ2n) is 10.4. The third-order valence-corrected chi connectivity index (χ3v) is 7.34. The van der Waals surface area contributed by atoms with Crippen LogP contribution in [0.1, 0.15) is 55.6 Å². The van der Waals surface area contributed by atoms with Gasteiger partial charge in [-0.1, -0.05) is 67.8 Å². The lowest BCUT2D eigenvalue weighted by atomic mass is 9.73. The van der Waals surface area contributed by atoms with Crippen LogP contribution < -0.4 is 21.7 Å². The summed E-state index contributed by atoms with van der Waals surface area (Å²) in [7, 11) is 6.56. The molecule has 3 aromatic rings. The number of aromatic nitrogens is 2. The predicted molar refractivity (Wildman–Crippen MR) is 136 cm³/mol. The second-order valence-corrected chi connectivity index (χ2v) is 10.4. The van der Waals surface area contributed by atoms with Gasteiger partial charge in [-0.3, -0.25) is 0 Å². The minimum absolute atomic E-state index is 0. The Morgan fingerprint density at radius 3 is 2.29 bits per heavy atom. The molecule has 6 heteroatoms. The topological polar surface area (TPSA) is 47.3 Å². The molecule has 4 rings (SSSR count). The Hall–Kier alpha value is -2.15. The molecule has 1 aromatic heterocycles. The lowest BCUT2D eigenvalue weighted by Gasteiger charge is -2.38. The van der Waals surface area contributed by atoms with Gasteiger partial charge in [0.05, 0.1) is 39.1 Å². The molecule has 1 fully saturated rings. The second kappa shape index (κ2) is 12.2. The molecule has 0 spiro atoms. The molecular weight excluding hydrogens is 502 g/mol. The van der Waals surface area contributed by atoms with Gasteiger partial charge in [-0.15, -0.1) is 0 Å². The van der Waals surface area contributed by atoms with Crippen molar-refractivity contribution in [2.75, 3.05) is 27.2 Å². The number of benzene rings is 2. The summed E-state index contributed by atoms with van der Waals surface area (Å²) < 4.78 is 8.86. The van der Waals surface area contributed by atoms with E-state index in [4.69, 9.17) is 9.72 Å². The number of aliphatic hydroxyl groups is 1. The van der Waals surface area contributed by atoms with E-state index in [1.54, 1.807) is 0 Å². The quantitative estimate of drug-likeness (QED) is 0.316. The zero-order chi connectivity index (χ0) is 24.0. The smallest absolute Gasteiger partial charge is 0.150 e. The molecule has 1 aliphatic carbocycles.